The number of aromatic nitrogens is 2. The summed E-state index contributed by atoms with van der Waals surface area (Å²) in [6.07, 6.45) is 0.745. The molecular formula is C15H19N3O2. The SMILES string of the molecule is CCOC(C)c1noc([C@H]2Cc3ccccc3CN2)n1. The molecule has 1 unspecified atom stereocenters. The summed E-state index contributed by atoms with van der Waals surface area (Å²) < 4.78 is 10.9. The van der Waals surface area contributed by atoms with Gasteiger partial charge in [-0.1, -0.05) is 29.4 Å². The van der Waals surface area contributed by atoms with Gasteiger partial charge < -0.3 is 14.6 Å². The Morgan fingerprint density at radius 3 is 3.00 bits per heavy atom. The minimum Gasteiger partial charge on any atom is -0.371 e. The molecule has 0 spiro atoms. The van der Waals surface area contributed by atoms with Gasteiger partial charge in [-0.15, -0.1) is 0 Å². The first kappa shape index (κ1) is 13.3. The molecule has 0 saturated carbocycles. The fourth-order valence-corrected chi connectivity index (χ4v) is 2.51. The maximum absolute atomic E-state index is 5.48. The van der Waals surface area contributed by atoms with Crippen LogP contribution in [0.2, 0.25) is 0 Å². The summed E-state index contributed by atoms with van der Waals surface area (Å²) in [5.74, 6) is 1.25. The van der Waals surface area contributed by atoms with Crippen molar-refractivity contribution in [3.63, 3.8) is 0 Å². The van der Waals surface area contributed by atoms with Gasteiger partial charge in [0.15, 0.2) is 5.82 Å². The fraction of sp³-hybridized carbons (Fsp3) is 0.467. The van der Waals surface area contributed by atoms with Gasteiger partial charge in [-0.3, -0.25) is 0 Å². The molecule has 1 N–H and O–H groups in total. The molecule has 1 aromatic carbocycles. The monoisotopic (exact) mass is 273 g/mol. The average molecular weight is 273 g/mol. The molecule has 2 atom stereocenters. The summed E-state index contributed by atoms with van der Waals surface area (Å²) in [6, 6.07) is 8.52. The van der Waals surface area contributed by atoms with Crippen molar-refractivity contribution < 1.29 is 9.26 Å². The molecule has 0 aliphatic carbocycles. The van der Waals surface area contributed by atoms with Gasteiger partial charge in [-0.05, 0) is 31.4 Å². The van der Waals surface area contributed by atoms with Gasteiger partial charge >= 0.3 is 0 Å². The highest BCUT2D eigenvalue weighted by atomic mass is 16.5. The van der Waals surface area contributed by atoms with Crippen molar-refractivity contribution in [2.24, 2.45) is 0 Å². The molecule has 0 saturated heterocycles. The molecule has 3 rings (SSSR count). The molecule has 0 fully saturated rings. The van der Waals surface area contributed by atoms with E-state index in [0.717, 1.165) is 13.0 Å². The molecule has 20 heavy (non-hydrogen) atoms. The van der Waals surface area contributed by atoms with Crippen LogP contribution in [0.5, 0.6) is 0 Å². The zero-order valence-electron chi connectivity index (χ0n) is 11.8. The predicted molar refractivity (Wildman–Crippen MR) is 74.1 cm³/mol. The Bertz CT molecular complexity index is 582. The lowest BCUT2D eigenvalue weighted by Crippen LogP contribution is -2.28. The van der Waals surface area contributed by atoms with Gasteiger partial charge in [0.2, 0.25) is 5.89 Å². The highest BCUT2D eigenvalue weighted by Gasteiger charge is 2.25. The number of ether oxygens (including phenoxy) is 1. The first-order chi connectivity index (χ1) is 9.78. The summed E-state index contributed by atoms with van der Waals surface area (Å²) in [5, 5.41) is 7.45. The van der Waals surface area contributed by atoms with Crippen molar-refractivity contribution in [3.8, 4) is 0 Å². The molecule has 2 heterocycles. The van der Waals surface area contributed by atoms with Crippen molar-refractivity contribution in [2.75, 3.05) is 6.61 Å². The third kappa shape index (κ3) is 2.59. The second kappa shape index (κ2) is 5.73. The van der Waals surface area contributed by atoms with E-state index in [0.29, 0.717) is 18.3 Å². The van der Waals surface area contributed by atoms with E-state index >= 15 is 0 Å². The van der Waals surface area contributed by atoms with E-state index in [-0.39, 0.29) is 12.1 Å². The third-order valence-corrected chi connectivity index (χ3v) is 3.62. The molecule has 1 aromatic heterocycles. The standard InChI is InChI=1S/C15H19N3O2/c1-3-19-10(2)14-17-15(20-18-14)13-8-11-6-4-5-7-12(11)9-16-13/h4-7,10,13,16H,3,8-9H2,1-2H3/t10?,13-/m1/s1. The second-order valence-electron chi connectivity index (χ2n) is 4.99. The highest BCUT2D eigenvalue weighted by molar-refractivity contribution is 5.30. The van der Waals surface area contributed by atoms with E-state index in [4.69, 9.17) is 9.26 Å². The molecule has 5 nitrogen and oxygen atoms in total. The number of benzene rings is 1. The summed E-state index contributed by atoms with van der Waals surface area (Å²) in [5.41, 5.74) is 2.68. The second-order valence-corrected chi connectivity index (χ2v) is 4.99. The molecule has 1 aliphatic rings. The Morgan fingerprint density at radius 2 is 2.20 bits per heavy atom. The van der Waals surface area contributed by atoms with E-state index in [1.54, 1.807) is 0 Å². The van der Waals surface area contributed by atoms with Gasteiger partial charge in [0, 0.05) is 13.2 Å². The first-order valence-corrected chi connectivity index (χ1v) is 7.03. The number of hydrogen-bond acceptors (Lipinski definition) is 5. The fourth-order valence-electron chi connectivity index (χ4n) is 2.51. The van der Waals surface area contributed by atoms with Crippen molar-refractivity contribution in [1.82, 2.24) is 15.5 Å². The lowest BCUT2D eigenvalue weighted by Gasteiger charge is -2.23. The summed E-state index contributed by atoms with van der Waals surface area (Å²) in [6.45, 7) is 5.36. The van der Waals surface area contributed by atoms with Crippen molar-refractivity contribution in [3.05, 3.63) is 47.1 Å². The van der Waals surface area contributed by atoms with Crippen LogP contribution >= 0.6 is 0 Å². The Kier molecular flexibility index (Phi) is 3.80. The molecule has 0 bridgehead atoms. The summed E-state index contributed by atoms with van der Waals surface area (Å²) in [7, 11) is 0. The smallest absolute Gasteiger partial charge is 0.244 e. The van der Waals surface area contributed by atoms with Gasteiger partial charge in [-0.25, -0.2) is 0 Å². The third-order valence-electron chi connectivity index (χ3n) is 3.62. The van der Waals surface area contributed by atoms with Crippen molar-refractivity contribution in [1.29, 1.82) is 0 Å². The van der Waals surface area contributed by atoms with Gasteiger partial charge in [0.25, 0.3) is 0 Å². The van der Waals surface area contributed by atoms with Crippen LogP contribution in [0.3, 0.4) is 0 Å². The Balaban J connectivity index is 1.75. The van der Waals surface area contributed by atoms with Crippen molar-refractivity contribution >= 4 is 0 Å². The topological polar surface area (TPSA) is 60.2 Å². The van der Waals surface area contributed by atoms with Gasteiger partial charge in [-0.2, -0.15) is 4.98 Å². The minimum atomic E-state index is -0.131. The number of rotatable bonds is 4. The zero-order chi connectivity index (χ0) is 13.9. The van der Waals surface area contributed by atoms with Gasteiger partial charge in [0.05, 0.1) is 6.04 Å². The molecule has 2 aromatic rings. The Hall–Kier alpha value is -1.72. The lowest BCUT2D eigenvalue weighted by molar-refractivity contribution is 0.0683. The number of nitrogens with one attached hydrogen (secondary N) is 1. The highest BCUT2D eigenvalue weighted by Crippen LogP contribution is 2.25. The molecule has 0 radical (unpaired) electrons. The Morgan fingerprint density at radius 1 is 1.40 bits per heavy atom. The van der Waals surface area contributed by atoms with Crippen LogP contribution in [0.1, 0.15) is 48.8 Å². The normalized spacial score (nSPS) is 19.6. The molecule has 106 valence electrons. The van der Waals surface area contributed by atoms with E-state index < -0.39 is 0 Å². The van der Waals surface area contributed by atoms with Crippen LogP contribution in [0, 0.1) is 0 Å². The minimum absolute atomic E-state index is 0.0833. The molecule has 5 heteroatoms. The number of hydrogen-bond donors (Lipinski definition) is 1. The van der Waals surface area contributed by atoms with Gasteiger partial charge in [0.1, 0.15) is 6.10 Å². The quantitative estimate of drug-likeness (QED) is 0.927. The number of fused-ring (bicyclic) bond motifs is 1. The zero-order valence-corrected chi connectivity index (χ0v) is 11.8. The van der Waals surface area contributed by atoms with Crippen LogP contribution in [0.15, 0.2) is 28.8 Å². The lowest BCUT2D eigenvalue weighted by atomic mass is 9.96. The van der Waals surface area contributed by atoms with Crippen LogP contribution in [0.25, 0.3) is 0 Å². The van der Waals surface area contributed by atoms with Crippen LogP contribution < -0.4 is 5.32 Å². The maximum Gasteiger partial charge on any atom is 0.244 e. The van der Waals surface area contributed by atoms with E-state index in [1.165, 1.54) is 11.1 Å². The first-order valence-electron chi connectivity index (χ1n) is 7.03. The van der Waals surface area contributed by atoms with Crippen LogP contribution in [-0.2, 0) is 17.7 Å². The number of nitrogens with zero attached hydrogens (tertiary/aromatic N) is 2. The molecular weight excluding hydrogens is 254 g/mol. The molecule has 1 aliphatic heterocycles. The van der Waals surface area contributed by atoms with E-state index in [1.807, 2.05) is 13.8 Å². The summed E-state index contributed by atoms with van der Waals surface area (Å²) >= 11 is 0. The van der Waals surface area contributed by atoms with Crippen LogP contribution in [-0.4, -0.2) is 16.7 Å². The van der Waals surface area contributed by atoms with E-state index in [2.05, 4.69) is 39.7 Å². The van der Waals surface area contributed by atoms with Crippen LogP contribution in [0.4, 0.5) is 0 Å². The van der Waals surface area contributed by atoms with Crippen molar-refractivity contribution in [2.45, 2.75) is 39.0 Å². The Labute approximate surface area is 118 Å². The average Bonchev–Trinajstić information content (AvgIpc) is 2.97. The van der Waals surface area contributed by atoms with E-state index in [9.17, 15) is 0 Å². The molecule has 0 amide bonds. The maximum atomic E-state index is 5.48. The predicted octanol–water partition coefficient (Wildman–Crippen LogP) is 2.55. The largest absolute Gasteiger partial charge is 0.371 e. The summed E-state index contributed by atoms with van der Waals surface area (Å²) in [4.78, 5) is 4.46.